The maximum atomic E-state index is 11.4. The van der Waals surface area contributed by atoms with E-state index in [0.717, 1.165) is 4.47 Å². The molecule has 0 amide bonds. The van der Waals surface area contributed by atoms with Crippen LogP contribution in [0.5, 0.6) is 0 Å². The molecule has 5 heteroatoms. The number of hydrogen-bond acceptors (Lipinski definition) is 3. The van der Waals surface area contributed by atoms with Gasteiger partial charge in [0.2, 0.25) is 0 Å². The van der Waals surface area contributed by atoms with Crippen molar-refractivity contribution >= 4 is 37.0 Å². The zero-order valence-electron chi connectivity index (χ0n) is 7.45. The molecule has 0 bridgehead atoms. The van der Waals surface area contributed by atoms with Gasteiger partial charge in [0, 0.05) is 32.4 Å². The Morgan fingerprint density at radius 2 is 2.08 bits per heavy atom. The Bertz CT molecular complexity index is 428. The van der Waals surface area contributed by atoms with E-state index in [-0.39, 0.29) is 0 Å². The van der Waals surface area contributed by atoms with E-state index in [0.29, 0.717) is 11.4 Å². The first-order chi connectivity index (χ1) is 5.88. The highest BCUT2D eigenvalue weighted by Crippen LogP contribution is 2.28. The molecule has 0 aliphatic heterocycles. The van der Waals surface area contributed by atoms with Crippen LogP contribution < -0.4 is 5.73 Å². The summed E-state index contributed by atoms with van der Waals surface area (Å²) in [5, 5.41) is 0. The summed E-state index contributed by atoms with van der Waals surface area (Å²) in [6, 6.07) is 5.24. The summed E-state index contributed by atoms with van der Waals surface area (Å²) in [4.78, 5) is 0. The molecule has 13 heavy (non-hydrogen) atoms. The fourth-order valence-corrected chi connectivity index (χ4v) is 1.91. The molecule has 0 radical (unpaired) electrons. The van der Waals surface area contributed by atoms with Crippen LogP contribution in [0.15, 0.2) is 27.0 Å². The topological polar surface area (TPSA) is 55.5 Å². The minimum absolute atomic E-state index is 0.616. The Hall–Kier alpha value is -0.550. The number of benzene rings is 1. The molecule has 3 nitrogen and oxygen atoms in total. The van der Waals surface area contributed by atoms with Gasteiger partial charge in [-0.2, -0.15) is 4.36 Å². The summed E-state index contributed by atoms with van der Waals surface area (Å²) in [5.41, 5.74) is 6.82. The van der Waals surface area contributed by atoms with Crippen LogP contribution >= 0.6 is 15.9 Å². The average Bonchev–Trinajstić information content (AvgIpc) is 1.94. The van der Waals surface area contributed by atoms with Crippen molar-refractivity contribution in [2.75, 3.05) is 18.2 Å². The number of rotatable bonds is 1. The Balaban J connectivity index is 3.31. The van der Waals surface area contributed by atoms with Gasteiger partial charge >= 0.3 is 0 Å². The van der Waals surface area contributed by atoms with Gasteiger partial charge in [-0.1, -0.05) is 0 Å². The minimum Gasteiger partial charge on any atom is -0.399 e. The summed E-state index contributed by atoms with van der Waals surface area (Å²) in [7, 11) is -2.13. The van der Waals surface area contributed by atoms with Crippen LogP contribution in [0.4, 0.5) is 11.4 Å². The fourth-order valence-electron chi connectivity index (χ4n) is 0.836. The van der Waals surface area contributed by atoms with Crippen molar-refractivity contribution in [1.29, 1.82) is 0 Å². The van der Waals surface area contributed by atoms with Gasteiger partial charge in [0.15, 0.2) is 0 Å². The van der Waals surface area contributed by atoms with Crippen LogP contribution in [0.3, 0.4) is 0 Å². The lowest BCUT2D eigenvalue weighted by molar-refractivity contribution is 0.684. The van der Waals surface area contributed by atoms with Gasteiger partial charge in [-0.25, -0.2) is 4.21 Å². The van der Waals surface area contributed by atoms with Crippen molar-refractivity contribution in [3.05, 3.63) is 22.7 Å². The number of halogens is 1. The SMILES string of the molecule is CS(C)(=O)=Nc1cc(N)ccc1Br. The molecule has 0 heterocycles. The summed E-state index contributed by atoms with van der Waals surface area (Å²) < 4.78 is 16.2. The number of hydrogen-bond donors (Lipinski definition) is 1. The van der Waals surface area contributed by atoms with Crippen LogP contribution in [-0.2, 0) is 9.73 Å². The number of anilines is 1. The molecule has 0 aromatic heterocycles. The van der Waals surface area contributed by atoms with Crippen LogP contribution in [0.1, 0.15) is 0 Å². The third-order valence-electron chi connectivity index (χ3n) is 1.29. The highest BCUT2D eigenvalue weighted by atomic mass is 79.9. The number of nitrogens with zero attached hydrogens (tertiary/aromatic N) is 1. The van der Waals surface area contributed by atoms with Gasteiger partial charge in [0.25, 0.3) is 0 Å². The minimum atomic E-state index is -2.13. The molecular formula is C8H11BrN2OS. The Morgan fingerprint density at radius 1 is 1.46 bits per heavy atom. The van der Waals surface area contributed by atoms with Gasteiger partial charge in [-0.3, -0.25) is 0 Å². The molecular weight excluding hydrogens is 252 g/mol. The average molecular weight is 263 g/mol. The van der Waals surface area contributed by atoms with Crippen molar-refractivity contribution in [1.82, 2.24) is 0 Å². The second kappa shape index (κ2) is 3.67. The third-order valence-corrected chi connectivity index (χ3v) is 2.60. The van der Waals surface area contributed by atoms with Crippen LogP contribution in [0.2, 0.25) is 0 Å². The summed E-state index contributed by atoms with van der Waals surface area (Å²) >= 11 is 3.31. The highest BCUT2D eigenvalue weighted by molar-refractivity contribution is 9.10. The largest absolute Gasteiger partial charge is 0.399 e. The Labute approximate surface area is 86.6 Å². The maximum absolute atomic E-state index is 11.4. The molecule has 0 aliphatic rings. The first-order valence-corrected chi connectivity index (χ1v) is 6.73. The van der Waals surface area contributed by atoms with E-state index in [9.17, 15) is 4.21 Å². The predicted octanol–water partition coefficient (Wildman–Crippen LogP) is 2.39. The Kier molecular flexibility index (Phi) is 2.98. The number of nitrogens with two attached hydrogens (primary N) is 1. The van der Waals surface area contributed by atoms with E-state index in [1.54, 1.807) is 30.7 Å². The smallest absolute Gasteiger partial charge is 0.0892 e. The van der Waals surface area contributed by atoms with Crippen molar-refractivity contribution < 1.29 is 4.21 Å². The van der Waals surface area contributed by atoms with Crippen molar-refractivity contribution in [3.63, 3.8) is 0 Å². The predicted molar refractivity (Wildman–Crippen MR) is 60.6 cm³/mol. The van der Waals surface area contributed by atoms with Gasteiger partial charge in [0.05, 0.1) is 5.69 Å². The second-order valence-corrected chi connectivity index (χ2v) is 6.38. The molecule has 0 atom stereocenters. The van der Waals surface area contributed by atoms with Crippen molar-refractivity contribution in [3.8, 4) is 0 Å². The van der Waals surface area contributed by atoms with Gasteiger partial charge in [-0.05, 0) is 34.1 Å². The van der Waals surface area contributed by atoms with E-state index >= 15 is 0 Å². The van der Waals surface area contributed by atoms with E-state index < -0.39 is 9.73 Å². The standard InChI is InChI=1S/C8H11BrN2OS/c1-13(2,12)11-8-5-6(10)3-4-7(8)9/h3-5H,10H2,1-2H3. The van der Waals surface area contributed by atoms with Gasteiger partial charge in [-0.15, -0.1) is 0 Å². The lowest BCUT2D eigenvalue weighted by Gasteiger charge is -2.01. The van der Waals surface area contributed by atoms with E-state index in [1.807, 2.05) is 0 Å². The molecule has 72 valence electrons. The van der Waals surface area contributed by atoms with Gasteiger partial charge in [0.1, 0.15) is 0 Å². The summed E-state index contributed by atoms with van der Waals surface area (Å²) in [5.74, 6) is 0. The molecule has 1 aromatic carbocycles. The van der Waals surface area contributed by atoms with Crippen molar-refractivity contribution in [2.24, 2.45) is 4.36 Å². The number of nitrogen functional groups attached to an aromatic ring is 1. The van der Waals surface area contributed by atoms with E-state index in [1.165, 1.54) is 0 Å². The maximum Gasteiger partial charge on any atom is 0.0892 e. The van der Waals surface area contributed by atoms with E-state index in [2.05, 4.69) is 20.3 Å². The molecule has 0 saturated heterocycles. The summed E-state index contributed by atoms with van der Waals surface area (Å²) in [6.45, 7) is 0. The van der Waals surface area contributed by atoms with E-state index in [4.69, 9.17) is 5.73 Å². The first kappa shape index (κ1) is 10.5. The molecule has 2 N–H and O–H groups in total. The highest BCUT2D eigenvalue weighted by Gasteiger charge is 2.00. The molecule has 0 unspecified atom stereocenters. The van der Waals surface area contributed by atoms with Gasteiger partial charge < -0.3 is 5.73 Å². The summed E-state index contributed by atoms with van der Waals surface area (Å²) in [6.07, 6.45) is 3.17. The lowest BCUT2D eigenvalue weighted by atomic mass is 10.3. The fraction of sp³-hybridized carbons (Fsp3) is 0.250. The molecule has 0 aliphatic carbocycles. The molecule has 1 aromatic rings. The Morgan fingerprint density at radius 3 is 2.62 bits per heavy atom. The van der Waals surface area contributed by atoms with Crippen LogP contribution in [0, 0.1) is 0 Å². The van der Waals surface area contributed by atoms with Crippen LogP contribution in [0.25, 0.3) is 0 Å². The zero-order valence-corrected chi connectivity index (χ0v) is 9.85. The third kappa shape index (κ3) is 3.36. The normalized spacial score (nSPS) is 11.3. The quantitative estimate of drug-likeness (QED) is 0.791. The zero-order chi connectivity index (χ0) is 10.1. The lowest BCUT2D eigenvalue weighted by Crippen LogP contribution is -1.90. The molecule has 0 spiro atoms. The van der Waals surface area contributed by atoms with Crippen LogP contribution in [-0.4, -0.2) is 16.7 Å². The molecule has 0 saturated carbocycles. The molecule has 0 fully saturated rings. The first-order valence-electron chi connectivity index (χ1n) is 3.61. The van der Waals surface area contributed by atoms with Crippen molar-refractivity contribution in [2.45, 2.75) is 0 Å². The monoisotopic (exact) mass is 262 g/mol. The second-order valence-electron chi connectivity index (χ2n) is 2.98. The molecule has 1 rings (SSSR count).